The molecule has 28 heavy (non-hydrogen) atoms. The van der Waals surface area contributed by atoms with Crippen molar-refractivity contribution >= 4 is 23.1 Å². The highest BCUT2D eigenvalue weighted by molar-refractivity contribution is 5.63. The Morgan fingerprint density at radius 2 is 1.68 bits per heavy atom. The van der Waals surface area contributed by atoms with Gasteiger partial charge < -0.3 is 15.1 Å². The van der Waals surface area contributed by atoms with E-state index in [4.69, 9.17) is 4.98 Å². The lowest BCUT2D eigenvalue weighted by molar-refractivity contribution is 0.645. The van der Waals surface area contributed by atoms with Crippen LogP contribution in [0.3, 0.4) is 0 Å². The molecule has 0 amide bonds. The molecule has 0 saturated carbocycles. The van der Waals surface area contributed by atoms with Gasteiger partial charge in [0.2, 0.25) is 5.95 Å². The van der Waals surface area contributed by atoms with E-state index in [0.717, 1.165) is 44.1 Å². The molecule has 0 aliphatic carbocycles. The average molecular weight is 374 g/mol. The number of hydrogen-bond donors (Lipinski definition) is 1. The summed E-state index contributed by atoms with van der Waals surface area (Å²) in [6.07, 6.45) is 2.71. The molecule has 0 radical (unpaired) electrons. The fourth-order valence-electron chi connectivity index (χ4n) is 3.65. The minimum Gasteiger partial charge on any atom is -0.368 e. The number of benzene rings is 2. The monoisotopic (exact) mass is 374 g/mol. The minimum absolute atomic E-state index is 0.548. The van der Waals surface area contributed by atoms with Crippen molar-refractivity contribution in [2.75, 3.05) is 41.3 Å². The predicted molar refractivity (Wildman–Crippen MR) is 115 cm³/mol. The number of nitrogens with zero attached hydrogens (tertiary/aromatic N) is 5. The smallest absolute Gasteiger partial charge is 0.249 e. The predicted octanol–water partition coefficient (Wildman–Crippen LogP) is 3.81. The largest absolute Gasteiger partial charge is 0.368 e. The number of aryl methyl sites for hydroxylation is 2. The van der Waals surface area contributed by atoms with E-state index in [1.807, 2.05) is 0 Å². The first kappa shape index (κ1) is 18.2. The highest BCUT2D eigenvalue weighted by Gasteiger charge is 2.19. The normalized spacial score (nSPS) is 14.2. The second kappa shape index (κ2) is 8.25. The Bertz CT molecular complexity index is 919. The maximum absolute atomic E-state index is 4.73. The van der Waals surface area contributed by atoms with Gasteiger partial charge in [0.25, 0.3) is 0 Å². The van der Waals surface area contributed by atoms with Crippen LogP contribution in [0.2, 0.25) is 0 Å². The molecule has 0 unspecified atom stereocenters. The summed E-state index contributed by atoms with van der Waals surface area (Å²) in [5, 5.41) is 11.8. The van der Waals surface area contributed by atoms with Gasteiger partial charge in [0, 0.05) is 37.6 Å². The van der Waals surface area contributed by atoms with Gasteiger partial charge in [-0.25, -0.2) is 0 Å². The van der Waals surface area contributed by atoms with Crippen molar-refractivity contribution in [3.63, 3.8) is 0 Å². The number of rotatable bonds is 5. The van der Waals surface area contributed by atoms with Gasteiger partial charge in [-0.05, 0) is 36.6 Å². The fraction of sp³-hybridized carbons (Fsp3) is 0.318. The lowest BCUT2D eigenvalue weighted by Gasteiger charge is -2.36. The first-order valence-corrected chi connectivity index (χ1v) is 9.85. The van der Waals surface area contributed by atoms with Crippen LogP contribution >= 0.6 is 0 Å². The summed E-state index contributed by atoms with van der Waals surface area (Å²) >= 11 is 0. The van der Waals surface area contributed by atoms with Gasteiger partial charge in [-0.1, -0.05) is 43.3 Å². The Morgan fingerprint density at radius 1 is 0.929 bits per heavy atom. The zero-order chi connectivity index (χ0) is 19.3. The van der Waals surface area contributed by atoms with Crippen LogP contribution < -0.4 is 15.1 Å². The molecule has 1 N–H and O–H groups in total. The Labute approximate surface area is 166 Å². The van der Waals surface area contributed by atoms with Crippen molar-refractivity contribution in [2.45, 2.75) is 20.3 Å². The van der Waals surface area contributed by atoms with Crippen LogP contribution in [-0.2, 0) is 6.42 Å². The van der Waals surface area contributed by atoms with Crippen LogP contribution in [0.25, 0.3) is 0 Å². The van der Waals surface area contributed by atoms with E-state index in [-0.39, 0.29) is 0 Å². The van der Waals surface area contributed by atoms with E-state index < -0.39 is 0 Å². The molecule has 2 aromatic carbocycles. The average Bonchev–Trinajstić information content (AvgIpc) is 2.76. The first-order valence-electron chi connectivity index (χ1n) is 9.85. The highest BCUT2D eigenvalue weighted by Crippen LogP contribution is 2.25. The molecule has 2 heterocycles. The number of hydrogen-bond acceptors (Lipinski definition) is 6. The molecule has 6 nitrogen and oxygen atoms in total. The van der Waals surface area contributed by atoms with Crippen LogP contribution in [-0.4, -0.2) is 41.4 Å². The van der Waals surface area contributed by atoms with Gasteiger partial charge >= 0.3 is 0 Å². The molecule has 6 heteroatoms. The summed E-state index contributed by atoms with van der Waals surface area (Å²) in [7, 11) is 0. The zero-order valence-electron chi connectivity index (χ0n) is 16.5. The highest BCUT2D eigenvalue weighted by atomic mass is 15.3. The Kier molecular flexibility index (Phi) is 5.37. The molecule has 0 atom stereocenters. The van der Waals surface area contributed by atoms with Crippen molar-refractivity contribution in [1.82, 2.24) is 15.2 Å². The summed E-state index contributed by atoms with van der Waals surface area (Å²) in [5.74, 6) is 1.42. The minimum atomic E-state index is 0.548. The van der Waals surface area contributed by atoms with Crippen LogP contribution in [0.4, 0.5) is 23.1 Å². The molecule has 3 aromatic rings. The van der Waals surface area contributed by atoms with E-state index in [1.54, 1.807) is 6.20 Å². The molecule has 1 fully saturated rings. The molecule has 0 bridgehead atoms. The maximum Gasteiger partial charge on any atom is 0.249 e. The van der Waals surface area contributed by atoms with E-state index in [0.29, 0.717) is 5.95 Å². The third kappa shape index (κ3) is 3.91. The van der Waals surface area contributed by atoms with Crippen LogP contribution in [0.1, 0.15) is 18.1 Å². The van der Waals surface area contributed by atoms with Crippen molar-refractivity contribution in [1.29, 1.82) is 0 Å². The van der Waals surface area contributed by atoms with Crippen LogP contribution in [0.15, 0.2) is 54.7 Å². The van der Waals surface area contributed by atoms with Crippen LogP contribution in [0.5, 0.6) is 0 Å². The van der Waals surface area contributed by atoms with Gasteiger partial charge in [0.05, 0.1) is 6.20 Å². The van der Waals surface area contributed by atoms with Crippen molar-refractivity contribution < 1.29 is 0 Å². The number of para-hydroxylation sites is 2. The van der Waals surface area contributed by atoms with Crippen LogP contribution in [0, 0.1) is 6.92 Å². The molecule has 4 rings (SSSR count). The van der Waals surface area contributed by atoms with Crippen molar-refractivity contribution in [3.05, 3.63) is 65.9 Å². The third-order valence-corrected chi connectivity index (χ3v) is 5.25. The molecule has 1 aliphatic heterocycles. The SMILES string of the molecule is CCc1cccc(C)c1Nc1nncc(N2CCN(c3ccccc3)CC2)n1. The number of anilines is 4. The van der Waals surface area contributed by atoms with E-state index in [1.165, 1.54) is 16.8 Å². The lowest BCUT2D eigenvalue weighted by atomic mass is 10.1. The van der Waals surface area contributed by atoms with Crippen molar-refractivity contribution in [3.8, 4) is 0 Å². The standard InChI is InChI=1S/C22H26N6/c1-3-18-9-7-8-17(2)21(18)25-22-24-20(16-23-26-22)28-14-12-27(13-15-28)19-10-5-4-6-11-19/h4-11,16H,3,12-15H2,1-2H3,(H,24,25,26). The molecule has 1 saturated heterocycles. The Balaban J connectivity index is 1.46. The summed E-state index contributed by atoms with van der Waals surface area (Å²) < 4.78 is 0. The summed E-state index contributed by atoms with van der Waals surface area (Å²) in [4.78, 5) is 9.41. The first-order chi connectivity index (χ1) is 13.7. The quantitative estimate of drug-likeness (QED) is 0.733. The summed E-state index contributed by atoms with van der Waals surface area (Å²) in [6, 6.07) is 16.9. The molecule has 1 aromatic heterocycles. The number of piperazine rings is 1. The van der Waals surface area contributed by atoms with Gasteiger partial charge in [-0.2, -0.15) is 10.1 Å². The molecule has 144 valence electrons. The summed E-state index contributed by atoms with van der Waals surface area (Å²) in [6.45, 7) is 8.02. The zero-order valence-corrected chi connectivity index (χ0v) is 16.5. The van der Waals surface area contributed by atoms with Gasteiger partial charge in [0.15, 0.2) is 5.82 Å². The maximum atomic E-state index is 4.73. The van der Waals surface area contributed by atoms with Gasteiger partial charge in [-0.15, -0.1) is 5.10 Å². The van der Waals surface area contributed by atoms with Gasteiger partial charge in [-0.3, -0.25) is 0 Å². The van der Waals surface area contributed by atoms with Gasteiger partial charge in [0.1, 0.15) is 0 Å². The Hall–Kier alpha value is -3.15. The molecule has 0 spiro atoms. The second-order valence-electron chi connectivity index (χ2n) is 7.04. The Morgan fingerprint density at radius 3 is 2.43 bits per heavy atom. The lowest BCUT2D eigenvalue weighted by Crippen LogP contribution is -2.46. The fourth-order valence-corrected chi connectivity index (χ4v) is 3.65. The molecular weight excluding hydrogens is 348 g/mol. The topological polar surface area (TPSA) is 57.2 Å². The molecular formula is C22H26N6. The third-order valence-electron chi connectivity index (χ3n) is 5.25. The van der Waals surface area contributed by atoms with Crippen molar-refractivity contribution in [2.24, 2.45) is 0 Å². The molecule has 1 aliphatic rings. The number of nitrogens with one attached hydrogen (secondary N) is 1. The second-order valence-corrected chi connectivity index (χ2v) is 7.04. The van der Waals surface area contributed by atoms with E-state index in [9.17, 15) is 0 Å². The summed E-state index contributed by atoms with van der Waals surface area (Å²) in [5.41, 5.74) is 4.80. The van der Waals surface area contributed by atoms with E-state index in [2.05, 4.69) is 87.7 Å². The number of aromatic nitrogens is 3. The van der Waals surface area contributed by atoms with E-state index >= 15 is 0 Å².